The Hall–Kier alpha value is -1.17. The molecule has 4 fully saturated rings. The molecule has 1 saturated carbocycles. The Balaban J connectivity index is 0.00000231. The second kappa shape index (κ2) is 9.36. The molecule has 5 rings (SSSR count). The summed E-state index contributed by atoms with van der Waals surface area (Å²) in [5, 5.41) is 3.34. The quantitative estimate of drug-likeness (QED) is 0.715. The van der Waals surface area contributed by atoms with Crippen molar-refractivity contribution in [3.8, 4) is 0 Å². The van der Waals surface area contributed by atoms with Crippen LogP contribution in [-0.2, 0) is 4.79 Å². The first kappa shape index (κ1) is 23.0. The van der Waals surface area contributed by atoms with Crippen LogP contribution in [0.2, 0.25) is 0 Å². The lowest BCUT2D eigenvalue weighted by molar-refractivity contribution is -0.126. The highest BCUT2D eigenvalue weighted by molar-refractivity contribution is 6.00. The minimum absolute atomic E-state index is 0. The van der Waals surface area contributed by atoms with Crippen LogP contribution in [0.3, 0.4) is 0 Å². The van der Waals surface area contributed by atoms with E-state index in [4.69, 9.17) is 0 Å². The van der Waals surface area contributed by atoms with Gasteiger partial charge in [-0.1, -0.05) is 6.07 Å². The maximum atomic E-state index is 15.1. The Kier molecular flexibility index (Phi) is 6.95. The Morgan fingerprint density at radius 1 is 1.03 bits per heavy atom. The molecule has 6 heteroatoms. The molecule has 0 radical (unpaired) electrons. The number of carbonyl (C=O) groups excluding carboxylic acids is 1. The van der Waals surface area contributed by atoms with Crippen LogP contribution in [0.25, 0.3) is 0 Å². The monoisotopic (exact) mass is 449 g/mol. The molecule has 1 spiro atoms. The fourth-order valence-electron chi connectivity index (χ4n) is 6.65. The number of likely N-dealkylation sites (tertiary alicyclic amines) is 1. The first-order valence-corrected chi connectivity index (χ1v) is 12.2. The number of hydrogen-bond donors (Lipinski definition) is 1. The summed E-state index contributed by atoms with van der Waals surface area (Å²) in [5.74, 6) is 0.366. The molecular weight excluding hydrogens is 413 g/mol. The summed E-state index contributed by atoms with van der Waals surface area (Å²) in [7, 11) is 0. The smallest absolute Gasteiger partial charge is 0.233 e. The zero-order chi connectivity index (χ0) is 20.7. The number of hydrogen-bond acceptors (Lipinski definition) is 3. The summed E-state index contributed by atoms with van der Waals surface area (Å²) in [6.07, 6.45) is 10.0. The van der Waals surface area contributed by atoms with E-state index in [1.807, 2.05) is 6.07 Å². The van der Waals surface area contributed by atoms with Gasteiger partial charge in [0.15, 0.2) is 0 Å². The van der Waals surface area contributed by atoms with Crippen molar-refractivity contribution < 1.29 is 9.18 Å². The molecule has 0 aromatic heterocycles. The summed E-state index contributed by atoms with van der Waals surface area (Å²) in [4.78, 5) is 17.6. The summed E-state index contributed by atoms with van der Waals surface area (Å²) in [6, 6.07) is 7.12. The van der Waals surface area contributed by atoms with Gasteiger partial charge in [0.05, 0.1) is 11.1 Å². The lowest BCUT2D eigenvalue weighted by atomic mass is 9.77. The van der Waals surface area contributed by atoms with E-state index in [2.05, 4.69) is 23.2 Å². The molecule has 4 aliphatic rings. The molecule has 3 saturated heterocycles. The van der Waals surface area contributed by atoms with E-state index < -0.39 is 0 Å². The lowest BCUT2D eigenvalue weighted by Gasteiger charge is -2.37. The number of nitrogens with one attached hydrogen (secondary N) is 1. The van der Waals surface area contributed by atoms with Crippen LogP contribution >= 0.6 is 12.4 Å². The number of halogens is 2. The van der Waals surface area contributed by atoms with Crippen molar-refractivity contribution in [2.45, 2.75) is 82.7 Å². The number of amides is 1. The topological polar surface area (TPSA) is 35.6 Å². The second-order valence-corrected chi connectivity index (χ2v) is 10.2. The summed E-state index contributed by atoms with van der Waals surface area (Å²) in [6.45, 7) is 6.04. The molecule has 1 N–H and O–H groups in total. The van der Waals surface area contributed by atoms with E-state index in [-0.39, 0.29) is 29.5 Å². The Labute approximate surface area is 192 Å². The molecule has 1 unspecified atom stereocenters. The molecule has 1 aliphatic carbocycles. The number of rotatable bonds is 3. The van der Waals surface area contributed by atoms with E-state index in [0.717, 1.165) is 56.8 Å². The van der Waals surface area contributed by atoms with Gasteiger partial charge in [-0.25, -0.2) is 4.39 Å². The molecule has 172 valence electrons. The maximum Gasteiger partial charge on any atom is 0.233 e. The minimum Gasteiger partial charge on any atom is -0.317 e. The van der Waals surface area contributed by atoms with Crippen LogP contribution < -0.4 is 10.2 Å². The third-order valence-electron chi connectivity index (χ3n) is 8.58. The minimum atomic E-state index is -0.262. The Morgan fingerprint density at radius 2 is 1.77 bits per heavy atom. The molecular formula is C25H37ClFN3O. The zero-order valence-electron chi connectivity index (χ0n) is 18.7. The van der Waals surface area contributed by atoms with Crippen molar-refractivity contribution >= 4 is 24.0 Å². The van der Waals surface area contributed by atoms with Crippen LogP contribution in [-0.4, -0.2) is 49.1 Å². The standard InChI is InChI=1S/C25H36FN3O.ClH/c1-18-3-2-15-28(18)21-7-4-19(5-8-21)20-6-9-23(22(26)17-20)29-16-12-25(24(29)30)10-13-27-14-11-25;/h6,9,17-19,21,27H,2-5,7-8,10-16H2,1H3;1H. The normalized spacial score (nSPS) is 31.2. The number of carbonyl (C=O) groups is 1. The average molecular weight is 450 g/mol. The predicted molar refractivity (Wildman–Crippen MR) is 126 cm³/mol. The third-order valence-corrected chi connectivity index (χ3v) is 8.58. The first-order chi connectivity index (χ1) is 14.6. The highest BCUT2D eigenvalue weighted by atomic mass is 35.5. The summed E-state index contributed by atoms with van der Waals surface area (Å²) < 4.78 is 15.1. The Bertz CT molecular complexity index is 789. The van der Waals surface area contributed by atoms with Gasteiger partial charge in [-0.05, 0) is 108 Å². The van der Waals surface area contributed by atoms with Crippen molar-refractivity contribution in [1.29, 1.82) is 0 Å². The molecule has 1 amide bonds. The van der Waals surface area contributed by atoms with Crippen molar-refractivity contribution in [3.05, 3.63) is 29.6 Å². The van der Waals surface area contributed by atoms with Gasteiger partial charge in [-0.2, -0.15) is 0 Å². The van der Waals surface area contributed by atoms with Gasteiger partial charge >= 0.3 is 0 Å². The molecule has 3 aliphatic heterocycles. The van der Waals surface area contributed by atoms with Gasteiger partial charge in [-0.15, -0.1) is 12.4 Å². The highest BCUT2D eigenvalue weighted by Crippen LogP contribution is 2.43. The molecule has 1 aromatic rings. The predicted octanol–water partition coefficient (Wildman–Crippen LogP) is 4.86. The van der Waals surface area contributed by atoms with Crippen LogP contribution in [0.15, 0.2) is 18.2 Å². The SMILES string of the molecule is CC1CCCN1C1CCC(c2ccc(N3CCC4(CCNCC4)C3=O)c(F)c2)CC1.Cl. The fraction of sp³-hybridized carbons (Fsp3) is 0.720. The van der Waals surface area contributed by atoms with Crippen LogP contribution in [0.1, 0.15) is 76.2 Å². The zero-order valence-corrected chi connectivity index (χ0v) is 19.6. The van der Waals surface area contributed by atoms with Crippen molar-refractivity contribution in [2.75, 3.05) is 31.1 Å². The van der Waals surface area contributed by atoms with Gasteiger partial charge in [0.1, 0.15) is 5.82 Å². The average Bonchev–Trinajstić information content (AvgIpc) is 3.33. The fourth-order valence-corrected chi connectivity index (χ4v) is 6.65. The molecule has 3 heterocycles. The summed E-state index contributed by atoms with van der Waals surface area (Å²) in [5.41, 5.74) is 1.34. The number of benzene rings is 1. The third kappa shape index (κ3) is 4.26. The summed E-state index contributed by atoms with van der Waals surface area (Å²) >= 11 is 0. The van der Waals surface area contributed by atoms with Crippen LogP contribution in [0.4, 0.5) is 10.1 Å². The second-order valence-electron chi connectivity index (χ2n) is 10.2. The Morgan fingerprint density at radius 3 is 2.42 bits per heavy atom. The van der Waals surface area contributed by atoms with Gasteiger partial charge in [-0.3, -0.25) is 9.69 Å². The van der Waals surface area contributed by atoms with E-state index in [9.17, 15) is 4.79 Å². The number of nitrogens with zero attached hydrogens (tertiary/aromatic N) is 2. The van der Waals surface area contributed by atoms with E-state index in [1.54, 1.807) is 11.0 Å². The van der Waals surface area contributed by atoms with Crippen molar-refractivity contribution in [1.82, 2.24) is 10.2 Å². The van der Waals surface area contributed by atoms with Crippen molar-refractivity contribution in [2.24, 2.45) is 5.41 Å². The van der Waals surface area contributed by atoms with E-state index in [0.29, 0.717) is 24.2 Å². The lowest BCUT2D eigenvalue weighted by Crippen LogP contribution is -2.42. The largest absolute Gasteiger partial charge is 0.317 e. The van der Waals surface area contributed by atoms with Gasteiger partial charge in [0.25, 0.3) is 0 Å². The molecule has 31 heavy (non-hydrogen) atoms. The van der Waals surface area contributed by atoms with Gasteiger partial charge in [0.2, 0.25) is 5.91 Å². The van der Waals surface area contributed by atoms with Crippen molar-refractivity contribution in [3.63, 3.8) is 0 Å². The van der Waals surface area contributed by atoms with Gasteiger partial charge < -0.3 is 10.2 Å². The molecule has 1 atom stereocenters. The highest BCUT2D eigenvalue weighted by Gasteiger charge is 2.47. The van der Waals surface area contributed by atoms with E-state index >= 15 is 4.39 Å². The number of anilines is 1. The molecule has 0 bridgehead atoms. The van der Waals surface area contributed by atoms with Crippen LogP contribution in [0.5, 0.6) is 0 Å². The molecule has 4 nitrogen and oxygen atoms in total. The first-order valence-electron chi connectivity index (χ1n) is 12.2. The molecule has 1 aromatic carbocycles. The number of piperidine rings is 1. The van der Waals surface area contributed by atoms with Gasteiger partial charge in [0, 0.05) is 18.6 Å². The maximum absolute atomic E-state index is 15.1. The van der Waals surface area contributed by atoms with E-state index in [1.165, 1.54) is 32.2 Å². The van der Waals surface area contributed by atoms with Crippen LogP contribution in [0, 0.1) is 11.2 Å².